The summed E-state index contributed by atoms with van der Waals surface area (Å²) >= 11 is 0. The van der Waals surface area contributed by atoms with Crippen LogP contribution in [0.1, 0.15) is 16.8 Å². The predicted molar refractivity (Wildman–Crippen MR) is 70.9 cm³/mol. The molecule has 0 spiro atoms. The quantitative estimate of drug-likeness (QED) is 0.314. The van der Waals surface area contributed by atoms with Crippen molar-refractivity contribution in [3.8, 4) is 0 Å². The van der Waals surface area contributed by atoms with E-state index in [0.717, 1.165) is 0 Å². The smallest absolute Gasteiger partial charge is 0.337 e. The van der Waals surface area contributed by atoms with Crippen LogP contribution in [0.4, 0.5) is 5.69 Å². The van der Waals surface area contributed by atoms with Crippen LogP contribution in [0.2, 0.25) is 0 Å². The van der Waals surface area contributed by atoms with Gasteiger partial charge in [0.1, 0.15) is 0 Å². The van der Waals surface area contributed by atoms with E-state index in [1.165, 1.54) is 6.07 Å². The van der Waals surface area contributed by atoms with Crippen LogP contribution in [-0.2, 0) is 19.7 Å². The minimum Gasteiger partial charge on any atom is -0.478 e. The van der Waals surface area contributed by atoms with Gasteiger partial charge < -0.3 is 10.8 Å². The summed E-state index contributed by atoms with van der Waals surface area (Å²) in [6, 6.07) is 6.36. The number of nitrogens with two attached hydrogens (primary N) is 1. The third kappa shape index (κ3) is 4.54. The average Bonchev–Trinajstić information content (AvgIpc) is 2.69. The summed E-state index contributed by atoms with van der Waals surface area (Å²) < 4.78 is 29.0. The Balaban J connectivity index is 0.000000211. The van der Waals surface area contributed by atoms with E-state index < -0.39 is 39.6 Å². The van der Waals surface area contributed by atoms with Gasteiger partial charge in [0.2, 0.25) is 11.8 Å². The number of carboxylic acids is 1. The van der Waals surface area contributed by atoms with Gasteiger partial charge in [-0.3, -0.25) is 19.5 Å². The molecule has 1 aliphatic heterocycles. The first-order chi connectivity index (χ1) is 9.62. The summed E-state index contributed by atoms with van der Waals surface area (Å²) in [5, 5.41) is 8.63. The van der Waals surface area contributed by atoms with Gasteiger partial charge in [-0.05, 0) is 12.1 Å². The Bertz CT molecular complexity index is 684. The summed E-state index contributed by atoms with van der Waals surface area (Å²) in [5.74, 6) is -2.63. The molecule has 5 N–H and O–H groups in total. The number of amides is 2. The summed E-state index contributed by atoms with van der Waals surface area (Å²) in [7, 11) is -4.42. The highest BCUT2D eigenvalue weighted by Gasteiger charge is 2.39. The highest BCUT2D eigenvalue weighted by molar-refractivity contribution is 7.87. The summed E-state index contributed by atoms with van der Waals surface area (Å²) in [4.78, 5) is 31.3. The first-order valence-corrected chi connectivity index (χ1v) is 7.01. The number of hydrogen-bond donors (Lipinski definition) is 4. The third-order valence-corrected chi connectivity index (χ3v) is 3.58. The summed E-state index contributed by atoms with van der Waals surface area (Å²) in [5.41, 5.74) is 5.80. The lowest BCUT2D eigenvalue weighted by Crippen LogP contribution is -2.30. The molecule has 9 nitrogen and oxygen atoms in total. The largest absolute Gasteiger partial charge is 0.478 e. The number of imide groups is 1. The van der Waals surface area contributed by atoms with E-state index in [4.69, 9.17) is 15.4 Å². The molecule has 0 aliphatic carbocycles. The third-order valence-electron chi connectivity index (χ3n) is 2.48. The van der Waals surface area contributed by atoms with Crippen molar-refractivity contribution in [3.05, 3.63) is 29.8 Å². The van der Waals surface area contributed by atoms with Gasteiger partial charge in [0, 0.05) is 5.69 Å². The lowest BCUT2D eigenvalue weighted by Gasteiger charge is -1.98. The van der Waals surface area contributed by atoms with Crippen LogP contribution in [0.3, 0.4) is 0 Å². The maximum Gasteiger partial charge on any atom is 0.337 e. The van der Waals surface area contributed by atoms with E-state index >= 15 is 0 Å². The topological polar surface area (TPSA) is 164 Å². The molecule has 1 atom stereocenters. The van der Waals surface area contributed by atoms with E-state index in [1.54, 1.807) is 23.5 Å². The van der Waals surface area contributed by atoms with Crippen molar-refractivity contribution in [1.29, 1.82) is 0 Å². The molecule has 0 radical (unpaired) electrons. The van der Waals surface area contributed by atoms with Crippen molar-refractivity contribution in [2.75, 3.05) is 5.73 Å². The van der Waals surface area contributed by atoms with Crippen molar-refractivity contribution in [2.24, 2.45) is 0 Å². The molecule has 0 bridgehead atoms. The van der Waals surface area contributed by atoms with Gasteiger partial charge in [-0.2, -0.15) is 8.42 Å². The fourth-order valence-corrected chi connectivity index (χ4v) is 2.15. The van der Waals surface area contributed by atoms with Crippen molar-refractivity contribution >= 4 is 33.6 Å². The van der Waals surface area contributed by atoms with E-state index in [2.05, 4.69) is 0 Å². The van der Waals surface area contributed by atoms with Crippen molar-refractivity contribution in [1.82, 2.24) is 5.32 Å². The molecule has 10 heteroatoms. The fourth-order valence-electron chi connectivity index (χ4n) is 1.46. The van der Waals surface area contributed by atoms with E-state index in [9.17, 15) is 22.8 Å². The van der Waals surface area contributed by atoms with Crippen molar-refractivity contribution < 1.29 is 32.5 Å². The number of nitrogens with one attached hydrogen (secondary N) is 1. The Labute approximate surface area is 119 Å². The Morgan fingerprint density at radius 3 is 2.14 bits per heavy atom. The van der Waals surface area contributed by atoms with Gasteiger partial charge in [0.15, 0.2) is 5.25 Å². The highest BCUT2D eigenvalue weighted by Crippen LogP contribution is 2.10. The molecule has 0 saturated carbocycles. The Morgan fingerprint density at radius 2 is 1.86 bits per heavy atom. The summed E-state index contributed by atoms with van der Waals surface area (Å²) in [6.45, 7) is 0. The van der Waals surface area contributed by atoms with E-state index in [1.807, 2.05) is 0 Å². The van der Waals surface area contributed by atoms with E-state index in [-0.39, 0.29) is 5.56 Å². The van der Waals surface area contributed by atoms with Gasteiger partial charge in [-0.25, -0.2) is 4.79 Å². The molecule has 1 aromatic carbocycles. The van der Waals surface area contributed by atoms with Gasteiger partial charge in [-0.1, -0.05) is 12.1 Å². The zero-order chi connectivity index (χ0) is 16.2. The number of rotatable bonds is 2. The zero-order valence-electron chi connectivity index (χ0n) is 10.5. The number of benzene rings is 1. The molecule has 1 heterocycles. The van der Waals surface area contributed by atoms with Crippen LogP contribution in [0.5, 0.6) is 0 Å². The molecule has 1 unspecified atom stereocenters. The van der Waals surface area contributed by atoms with Crippen molar-refractivity contribution in [3.63, 3.8) is 0 Å². The highest BCUT2D eigenvalue weighted by atomic mass is 32.2. The molecular formula is C11H12N2O7S. The van der Waals surface area contributed by atoms with Gasteiger partial charge >= 0.3 is 5.97 Å². The molecule has 1 aliphatic rings. The number of carbonyl (C=O) groups excluding carboxylic acids is 2. The average molecular weight is 316 g/mol. The lowest BCUT2D eigenvalue weighted by molar-refractivity contribution is -0.124. The Morgan fingerprint density at radius 1 is 1.29 bits per heavy atom. The maximum absolute atomic E-state index is 10.6. The molecule has 1 fully saturated rings. The fraction of sp³-hybridized carbons (Fsp3) is 0.182. The molecule has 2 amide bonds. The minimum atomic E-state index is -4.42. The maximum atomic E-state index is 10.6. The van der Waals surface area contributed by atoms with Crippen LogP contribution in [0.15, 0.2) is 24.3 Å². The first-order valence-electron chi connectivity index (χ1n) is 5.50. The summed E-state index contributed by atoms with van der Waals surface area (Å²) in [6.07, 6.45) is -0.488. The lowest BCUT2D eigenvalue weighted by atomic mass is 10.2. The van der Waals surface area contributed by atoms with Crippen LogP contribution in [-0.4, -0.2) is 41.1 Å². The molecule has 21 heavy (non-hydrogen) atoms. The normalized spacial score (nSPS) is 17.7. The number of carboxylic acid groups (broad SMARTS) is 1. The second-order valence-electron chi connectivity index (χ2n) is 4.01. The predicted octanol–water partition coefficient (Wildman–Crippen LogP) is -0.744. The van der Waals surface area contributed by atoms with Crippen LogP contribution in [0.25, 0.3) is 0 Å². The van der Waals surface area contributed by atoms with Crippen LogP contribution in [0, 0.1) is 0 Å². The minimum absolute atomic E-state index is 0.155. The van der Waals surface area contributed by atoms with Crippen molar-refractivity contribution in [2.45, 2.75) is 11.7 Å². The Kier molecular flexibility index (Phi) is 5.00. The SMILES string of the molecule is Nc1ccccc1C(=O)O.O=C1CC(S(=O)(=O)O)C(=O)N1. The van der Waals surface area contributed by atoms with E-state index in [0.29, 0.717) is 5.69 Å². The molecular weight excluding hydrogens is 304 g/mol. The number of anilines is 1. The first kappa shape index (κ1) is 16.6. The second-order valence-corrected chi connectivity index (χ2v) is 5.61. The number of para-hydroxylation sites is 1. The number of carbonyl (C=O) groups is 3. The van der Waals surface area contributed by atoms with Gasteiger partial charge in [-0.15, -0.1) is 0 Å². The molecule has 1 saturated heterocycles. The molecule has 114 valence electrons. The monoisotopic (exact) mass is 316 g/mol. The number of nitrogen functional groups attached to an aromatic ring is 1. The number of aromatic carboxylic acids is 1. The van der Waals surface area contributed by atoms with Gasteiger partial charge in [0.25, 0.3) is 10.1 Å². The molecule has 0 aromatic heterocycles. The molecule has 2 rings (SSSR count). The standard InChI is InChI=1S/C7H7NO2.C4H5NO5S/c8-6-4-2-1-3-5(6)7(9)10;6-3-1-2(4(7)5-3)11(8,9)10/h1-4H,8H2,(H,9,10);2H,1H2,(H,5,6,7)(H,8,9,10). The Hall–Kier alpha value is -2.46. The second kappa shape index (κ2) is 6.33. The van der Waals surface area contributed by atoms with Gasteiger partial charge in [0.05, 0.1) is 12.0 Å². The van der Waals surface area contributed by atoms with Crippen LogP contribution < -0.4 is 11.1 Å². The number of hydrogen-bond acceptors (Lipinski definition) is 6. The molecule has 1 aromatic rings. The van der Waals surface area contributed by atoms with Crippen LogP contribution >= 0.6 is 0 Å². The zero-order valence-corrected chi connectivity index (χ0v) is 11.3.